The third-order valence-corrected chi connectivity index (χ3v) is 3.53. The molecular formula is C13H16FNO3S. The van der Waals surface area contributed by atoms with Crippen molar-refractivity contribution in [3.8, 4) is 0 Å². The van der Waals surface area contributed by atoms with Crippen LogP contribution in [0.15, 0.2) is 24.3 Å². The molecule has 1 unspecified atom stereocenters. The van der Waals surface area contributed by atoms with Crippen LogP contribution in [0, 0.1) is 11.7 Å². The minimum Gasteiger partial charge on any atom is -0.469 e. The lowest BCUT2D eigenvalue weighted by atomic mass is 10.2. The highest BCUT2D eigenvalue weighted by Gasteiger charge is 2.13. The van der Waals surface area contributed by atoms with Gasteiger partial charge in [0, 0.05) is 11.4 Å². The van der Waals surface area contributed by atoms with Gasteiger partial charge in [0.25, 0.3) is 0 Å². The highest BCUT2D eigenvalue weighted by Crippen LogP contribution is 2.12. The molecule has 1 aromatic rings. The van der Waals surface area contributed by atoms with Crippen molar-refractivity contribution in [2.24, 2.45) is 5.92 Å². The van der Waals surface area contributed by atoms with Crippen LogP contribution in [0.5, 0.6) is 0 Å². The van der Waals surface area contributed by atoms with Gasteiger partial charge in [-0.15, -0.1) is 0 Å². The fourth-order valence-electron chi connectivity index (χ4n) is 1.33. The predicted molar refractivity (Wildman–Crippen MR) is 73.5 cm³/mol. The Hall–Kier alpha value is -1.56. The van der Waals surface area contributed by atoms with Crippen molar-refractivity contribution in [3.05, 3.63) is 30.1 Å². The first-order chi connectivity index (χ1) is 9.02. The van der Waals surface area contributed by atoms with Gasteiger partial charge in [-0.25, -0.2) is 4.39 Å². The van der Waals surface area contributed by atoms with Crippen molar-refractivity contribution in [2.75, 3.05) is 23.9 Å². The molecule has 0 aliphatic carbocycles. The van der Waals surface area contributed by atoms with Crippen molar-refractivity contribution in [3.63, 3.8) is 0 Å². The quantitative estimate of drug-likeness (QED) is 0.815. The van der Waals surface area contributed by atoms with Gasteiger partial charge in [0.1, 0.15) is 5.82 Å². The molecule has 1 atom stereocenters. The number of carbonyl (C=O) groups is 2. The molecule has 1 N–H and O–H groups in total. The van der Waals surface area contributed by atoms with Crippen molar-refractivity contribution >= 4 is 29.3 Å². The first kappa shape index (κ1) is 15.5. The molecule has 0 saturated heterocycles. The summed E-state index contributed by atoms with van der Waals surface area (Å²) in [5.41, 5.74) is 0.549. The summed E-state index contributed by atoms with van der Waals surface area (Å²) in [6.45, 7) is 1.75. The molecule has 1 rings (SSSR count). The number of thioether (sulfide) groups is 1. The van der Waals surface area contributed by atoms with Crippen molar-refractivity contribution in [1.82, 2.24) is 0 Å². The Morgan fingerprint density at radius 2 is 2.00 bits per heavy atom. The molecule has 0 fully saturated rings. The molecule has 0 bridgehead atoms. The molecule has 0 aliphatic rings. The summed E-state index contributed by atoms with van der Waals surface area (Å²) >= 11 is 1.35. The molecule has 0 spiro atoms. The van der Waals surface area contributed by atoms with Crippen molar-refractivity contribution < 1.29 is 18.7 Å². The van der Waals surface area contributed by atoms with E-state index in [0.717, 1.165) is 0 Å². The summed E-state index contributed by atoms with van der Waals surface area (Å²) in [7, 11) is 1.34. The molecule has 0 heterocycles. The van der Waals surface area contributed by atoms with Gasteiger partial charge in [0.15, 0.2) is 0 Å². The lowest BCUT2D eigenvalue weighted by Gasteiger charge is -2.08. The molecule has 0 aromatic heterocycles. The predicted octanol–water partition coefficient (Wildman–Crippen LogP) is 2.31. The molecule has 4 nitrogen and oxygen atoms in total. The van der Waals surface area contributed by atoms with E-state index in [1.54, 1.807) is 6.92 Å². The monoisotopic (exact) mass is 285 g/mol. The topological polar surface area (TPSA) is 55.4 Å². The van der Waals surface area contributed by atoms with Crippen LogP contribution >= 0.6 is 11.8 Å². The maximum absolute atomic E-state index is 12.7. The maximum atomic E-state index is 12.7. The number of ether oxygens (including phenoxy) is 1. The fraction of sp³-hybridized carbons (Fsp3) is 0.385. The van der Waals surface area contributed by atoms with Crippen LogP contribution in [0.4, 0.5) is 10.1 Å². The number of halogens is 1. The van der Waals surface area contributed by atoms with Crippen LogP contribution < -0.4 is 5.32 Å². The number of esters is 1. The summed E-state index contributed by atoms with van der Waals surface area (Å²) < 4.78 is 17.3. The van der Waals surface area contributed by atoms with E-state index in [1.807, 2.05) is 0 Å². The molecule has 1 amide bonds. The van der Waals surface area contributed by atoms with E-state index in [0.29, 0.717) is 11.4 Å². The molecule has 19 heavy (non-hydrogen) atoms. The number of rotatable bonds is 6. The largest absolute Gasteiger partial charge is 0.469 e. The summed E-state index contributed by atoms with van der Waals surface area (Å²) in [6.07, 6.45) is 0. The lowest BCUT2D eigenvalue weighted by Crippen LogP contribution is -2.18. The summed E-state index contributed by atoms with van der Waals surface area (Å²) in [6, 6.07) is 5.55. The third-order valence-electron chi connectivity index (χ3n) is 2.33. The number of benzene rings is 1. The molecule has 104 valence electrons. The van der Waals surface area contributed by atoms with Crippen LogP contribution in [-0.2, 0) is 14.3 Å². The molecule has 0 aliphatic heterocycles. The van der Waals surface area contributed by atoms with E-state index in [-0.39, 0.29) is 29.4 Å². The van der Waals surface area contributed by atoms with E-state index >= 15 is 0 Å². The molecule has 0 radical (unpaired) electrons. The first-order valence-corrected chi connectivity index (χ1v) is 6.89. The van der Waals surface area contributed by atoms with E-state index in [1.165, 1.54) is 43.1 Å². The van der Waals surface area contributed by atoms with Crippen LogP contribution in [0.2, 0.25) is 0 Å². The number of amides is 1. The second-order valence-corrected chi connectivity index (χ2v) is 5.02. The third kappa shape index (κ3) is 5.74. The summed E-state index contributed by atoms with van der Waals surface area (Å²) in [5, 5.41) is 2.64. The first-order valence-electron chi connectivity index (χ1n) is 5.74. The Morgan fingerprint density at radius 3 is 2.58 bits per heavy atom. The normalized spacial score (nSPS) is 11.7. The van der Waals surface area contributed by atoms with Crippen LogP contribution in [-0.4, -0.2) is 30.5 Å². The van der Waals surface area contributed by atoms with Gasteiger partial charge in [-0.3, -0.25) is 9.59 Å². The fourth-order valence-corrected chi connectivity index (χ4v) is 2.19. The average Bonchev–Trinajstić information content (AvgIpc) is 2.40. The van der Waals surface area contributed by atoms with Crippen LogP contribution in [0.3, 0.4) is 0 Å². The van der Waals surface area contributed by atoms with Crippen molar-refractivity contribution in [2.45, 2.75) is 6.92 Å². The van der Waals surface area contributed by atoms with E-state index < -0.39 is 0 Å². The molecule has 1 aromatic carbocycles. The highest BCUT2D eigenvalue weighted by molar-refractivity contribution is 8.00. The standard InChI is InChI=1S/C13H16FNO3S/c1-9(13(17)18-2)7-19-8-12(16)15-11-5-3-10(14)4-6-11/h3-6,9H,7-8H2,1-2H3,(H,15,16). The smallest absolute Gasteiger partial charge is 0.309 e. The average molecular weight is 285 g/mol. The van der Waals surface area contributed by atoms with Gasteiger partial charge < -0.3 is 10.1 Å². The Kier molecular flexibility index (Phi) is 6.35. The molecule has 0 saturated carbocycles. The zero-order valence-corrected chi connectivity index (χ0v) is 11.6. The van der Waals surface area contributed by atoms with Gasteiger partial charge in [-0.2, -0.15) is 11.8 Å². The molecular weight excluding hydrogens is 269 g/mol. The summed E-state index contributed by atoms with van der Waals surface area (Å²) in [5.74, 6) is -0.310. The number of methoxy groups -OCH3 is 1. The summed E-state index contributed by atoms with van der Waals surface area (Å²) in [4.78, 5) is 22.7. The maximum Gasteiger partial charge on any atom is 0.309 e. The Morgan fingerprint density at radius 1 is 1.37 bits per heavy atom. The Labute approximate surface area is 115 Å². The van der Waals surface area contributed by atoms with Gasteiger partial charge in [0.2, 0.25) is 5.91 Å². The SMILES string of the molecule is COC(=O)C(C)CSCC(=O)Nc1ccc(F)cc1. The number of hydrogen-bond donors (Lipinski definition) is 1. The van der Waals surface area contributed by atoms with Gasteiger partial charge in [-0.05, 0) is 24.3 Å². The zero-order valence-electron chi connectivity index (χ0n) is 10.8. The van der Waals surface area contributed by atoms with Crippen molar-refractivity contribution in [1.29, 1.82) is 0 Å². The number of hydrogen-bond acceptors (Lipinski definition) is 4. The van der Waals surface area contributed by atoms with Crippen LogP contribution in [0.25, 0.3) is 0 Å². The molecule has 6 heteroatoms. The van der Waals surface area contributed by atoms with Gasteiger partial charge >= 0.3 is 5.97 Å². The number of nitrogens with one attached hydrogen (secondary N) is 1. The Balaban J connectivity index is 2.28. The second kappa shape index (κ2) is 7.78. The minimum atomic E-state index is -0.348. The minimum absolute atomic E-state index is 0.186. The lowest BCUT2D eigenvalue weighted by molar-refractivity contribution is -0.144. The van der Waals surface area contributed by atoms with Crippen LogP contribution in [0.1, 0.15) is 6.92 Å². The number of anilines is 1. The zero-order chi connectivity index (χ0) is 14.3. The van der Waals surface area contributed by atoms with E-state index in [4.69, 9.17) is 0 Å². The Bertz CT molecular complexity index is 436. The highest BCUT2D eigenvalue weighted by atomic mass is 32.2. The second-order valence-electron chi connectivity index (χ2n) is 3.99. The van der Waals surface area contributed by atoms with Gasteiger partial charge in [-0.1, -0.05) is 6.92 Å². The van der Waals surface area contributed by atoms with Gasteiger partial charge in [0.05, 0.1) is 18.8 Å². The van der Waals surface area contributed by atoms with E-state index in [2.05, 4.69) is 10.1 Å². The number of carbonyl (C=O) groups excluding carboxylic acids is 2. The van der Waals surface area contributed by atoms with E-state index in [9.17, 15) is 14.0 Å².